The van der Waals surface area contributed by atoms with Crippen LogP contribution in [-0.4, -0.2) is 26.3 Å². The summed E-state index contributed by atoms with van der Waals surface area (Å²) in [6, 6.07) is 5.19. The standard InChI is InChI=1S/C15H18O4/c1-4-9-18-11-13-12(15(16)19-10-5-2)7-6-8-14(13)17-3/h4-8H,1-2,9-11H2,3H3. The maximum atomic E-state index is 11.9. The minimum Gasteiger partial charge on any atom is -0.496 e. The Balaban J connectivity index is 2.97. The van der Waals surface area contributed by atoms with Crippen molar-refractivity contribution in [2.45, 2.75) is 6.61 Å². The number of hydrogen-bond donors (Lipinski definition) is 0. The molecule has 0 heterocycles. The molecule has 4 heteroatoms. The van der Waals surface area contributed by atoms with Crippen LogP contribution in [0.25, 0.3) is 0 Å². The van der Waals surface area contributed by atoms with Gasteiger partial charge in [-0.25, -0.2) is 4.79 Å². The van der Waals surface area contributed by atoms with Gasteiger partial charge in [0, 0.05) is 5.56 Å². The summed E-state index contributed by atoms with van der Waals surface area (Å²) in [7, 11) is 1.55. The van der Waals surface area contributed by atoms with Gasteiger partial charge in [0.25, 0.3) is 0 Å². The molecule has 0 aliphatic rings. The van der Waals surface area contributed by atoms with E-state index in [1.165, 1.54) is 6.08 Å². The largest absolute Gasteiger partial charge is 0.496 e. The normalized spacial score (nSPS) is 9.74. The zero-order valence-corrected chi connectivity index (χ0v) is 11.1. The highest BCUT2D eigenvalue weighted by Gasteiger charge is 2.16. The molecule has 0 N–H and O–H groups in total. The molecule has 0 radical (unpaired) electrons. The van der Waals surface area contributed by atoms with Crippen molar-refractivity contribution in [3.63, 3.8) is 0 Å². The first-order chi connectivity index (χ1) is 9.24. The van der Waals surface area contributed by atoms with E-state index in [1.54, 1.807) is 31.4 Å². The second-order valence-electron chi connectivity index (χ2n) is 3.68. The van der Waals surface area contributed by atoms with Crippen molar-refractivity contribution in [3.05, 3.63) is 54.6 Å². The fraction of sp³-hybridized carbons (Fsp3) is 0.267. The molecule has 0 spiro atoms. The van der Waals surface area contributed by atoms with Gasteiger partial charge in [-0.2, -0.15) is 0 Å². The van der Waals surface area contributed by atoms with E-state index >= 15 is 0 Å². The third-order valence-electron chi connectivity index (χ3n) is 2.39. The Morgan fingerprint density at radius 1 is 1.26 bits per heavy atom. The monoisotopic (exact) mass is 262 g/mol. The summed E-state index contributed by atoms with van der Waals surface area (Å²) < 4.78 is 15.7. The van der Waals surface area contributed by atoms with E-state index in [9.17, 15) is 4.79 Å². The van der Waals surface area contributed by atoms with Crippen molar-refractivity contribution < 1.29 is 19.0 Å². The quantitative estimate of drug-likeness (QED) is 0.410. The molecule has 102 valence electrons. The average molecular weight is 262 g/mol. The molecule has 1 rings (SSSR count). The van der Waals surface area contributed by atoms with Crippen molar-refractivity contribution in [2.24, 2.45) is 0 Å². The molecule has 0 unspecified atom stereocenters. The number of ether oxygens (including phenoxy) is 3. The first kappa shape index (κ1) is 15.0. The van der Waals surface area contributed by atoms with Crippen molar-refractivity contribution >= 4 is 5.97 Å². The lowest BCUT2D eigenvalue weighted by molar-refractivity contribution is 0.0542. The molecule has 0 aliphatic heterocycles. The third-order valence-corrected chi connectivity index (χ3v) is 2.39. The third kappa shape index (κ3) is 4.26. The van der Waals surface area contributed by atoms with Crippen molar-refractivity contribution in [3.8, 4) is 5.75 Å². The maximum absolute atomic E-state index is 11.9. The van der Waals surface area contributed by atoms with Crippen LogP contribution < -0.4 is 4.74 Å². The number of benzene rings is 1. The van der Waals surface area contributed by atoms with Gasteiger partial charge in [-0.05, 0) is 12.1 Å². The second kappa shape index (κ2) is 8.11. The van der Waals surface area contributed by atoms with Gasteiger partial charge in [-0.15, -0.1) is 6.58 Å². The molecule has 0 fully saturated rings. The van der Waals surface area contributed by atoms with Gasteiger partial charge < -0.3 is 14.2 Å². The minimum absolute atomic E-state index is 0.170. The highest BCUT2D eigenvalue weighted by atomic mass is 16.5. The van der Waals surface area contributed by atoms with Crippen LogP contribution in [0.2, 0.25) is 0 Å². The zero-order valence-electron chi connectivity index (χ0n) is 11.1. The molecule has 1 aromatic carbocycles. The van der Waals surface area contributed by atoms with E-state index in [4.69, 9.17) is 14.2 Å². The lowest BCUT2D eigenvalue weighted by Gasteiger charge is -2.13. The number of esters is 1. The summed E-state index contributed by atoms with van der Waals surface area (Å²) in [6.07, 6.45) is 3.16. The summed E-state index contributed by atoms with van der Waals surface area (Å²) in [5.74, 6) is 0.174. The summed E-state index contributed by atoms with van der Waals surface area (Å²) in [6.45, 7) is 7.91. The van der Waals surface area contributed by atoms with Gasteiger partial charge >= 0.3 is 5.97 Å². The van der Waals surface area contributed by atoms with E-state index < -0.39 is 5.97 Å². The number of hydrogen-bond acceptors (Lipinski definition) is 4. The molecular formula is C15H18O4. The molecule has 0 aliphatic carbocycles. The van der Waals surface area contributed by atoms with E-state index in [0.29, 0.717) is 23.5 Å². The van der Waals surface area contributed by atoms with Gasteiger partial charge in [0.1, 0.15) is 12.4 Å². The van der Waals surface area contributed by atoms with Crippen molar-refractivity contribution in [1.29, 1.82) is 0 Å². The summed E-state index contributed by atoms with van der Waals surface area (Å²) in [4.78, 5) is 11.9. The number of rotatable bonds is 8. The minimum atomic E-state index is -0.420. The Hall–Kier alpha value is -2.07. The van der Waals surface area contributed by atoms with Crippen LogP contribution in [0.1, 0.15) is 15.9 Å². The van der Waals surface area contributed by atoms with E-state index in [-0.39, 0.29) is 13.2 Å². The van der Waals surface area contributed by atoms with Crippen molar-refractivity contribution in [1.82, 2.24) is 0 Å². The second-order valence-corrected chi connectivity index (χ2v) is 3.68. The lowest BCUT2D eigenvalue weighted by atomic mass is 10.1. The first-order valence-electron chi connectivity index (χ1n) is 5.87. The Kier molecular flexibility index (Phi) is 6.39. The van der Waals surface area contributed by atoms with E-state index in [1.807, 2.05) is 0 Å². The summed E-state index contributed by atoms with van der Waals surface area (Å²) in [5.41, 5.74) is 1.10. The number of carbonyl (C=O) groups excluding carboxylic acids is 1. The Bertz CT molecular complexity index is 451. The molecule has 4 nitrogen and oxygen atoms in total. The SMILES string of the molecule is C=CCOCc1c(OC)cccc1C(=O)OCC=C. The van der Waals surface area contributed by atoms with Crippen LogP contribution in [-0.2, 0) is 16.1 Å². The van der Waals surface area contributed by atoms with Gasteiger partial charge in [0.15, 0.2) is 0 Å². The lowest BCUT2D eigenvalue weighted by Crippen LogP contribution is -2.10. The van der Waals surface area contributed by atoms with Crippen LogP contribution in [0.3, 0.4) is 0 Å². The highest BCUT2D eigenvalue weighted by molar-refractivity contribution is 5.91. The Morgan fingerprint density at radius 2 is 2.00 bits per heavy atom. The summed E-state index contributed by atoms with van der Waals surface area (Å²) in [5, 5.41) is 0. The van der Waals surface area contributed by atoms with Gasteiger partial charge in [-0.3, -0.25) is 0 Å². The van der Waals surface area contributed by atoms with Gasteiger partial charge in [0.2, 0.25) is 0 Å². The zero-order chi connectivity index (χ0) is 14.1. The molecule has 1 aromatic rings. The fourth-order valence-electron chi connectivity index (χ4n) is 1.55. The molecule has 0 saturated carbocycles. The summed E-state index contributed by atoms with van der Waals surface area (Å²) >= 11 is 0. The predicted molar refractivity (Wildman–Crippen MR) is 73.3 cm³/mol. The van der Waals surface area contributed by atoms with Crippen LogP contribution in [0.15, 0.2) is 43.5 Å². The smallest absolute Gasteiger partial charge is 0.338 e. The van der Waals surface area contributed by atoms with Gasteiger partial charge in [-0.1, -0.05) is 24.8 Å². The average Bonchev–Trinajstić information content (AvgIpc) is 2.45. The number of methoxy groups -OCH3 is 1. The maximum Gasteiger partial charge on any atom is 0.338 e. The molecule has 0 saturated heterocycles. The Labute approximate surface area is 113 Å². The Morgan fingerprint density at radius 3 is 2.63 bits per heavy atom. The molecule has 0 amide bonds. The highest BCUT2D eigenvalue weighted by Crippen LogP contribution is 2.24. The fourth-order valence-corrected chi connectivity index (χ4v) is 1.55. The van der Waals surface area contributed by atoms with Crippen LogP contribution >= 0.6 is 0 Å². The first-order valence-corrected chi connectivity index (χ1v) is 5.87. The number of carbonyl (C=O) groups is 1. The van der Waals surface area contributed by atoms with Crippen LogP contribution in [0, 0.1) is 0 Å². The van der Waals surface area contributed by atoms with Crippen LogP contribution in [0.5, 0.6) is 5.75 Å². The molecule has 19 heavy (non-hydrogen) atoms. The van der Waals surface area contributed by atoms with Gasteiger partial charge in [0.05, 0.1) is 25.9 Å². The van der Waals surface area contributed by atoms with Crippen molar-refractivity contribution in [2.75, 3.05) is 20.3 Å². The molecule has 0 atom stereocenters. The molecule has 0 bridgehead atoms. The van der Waals surface area contributed by atoms with E-state index in [2.05, 4.69) is 13.2 Å². The topological polar surface area (TPSA) is 44.8 Å². The molecule has 0 aromatic heterocycles. The predicted octanol–water partition coefficient (Wildman–Crippen LogP) is 2.74. The van der Waals surface area contributed by atoms with E-state index in [0.717, 1.165) is 0 Å². The van der Waals surface area contributed by atoms with Crippen LogP contribution in [0.4, 0.5) is 0 Å². The molecular weight excluding hydrogens is 244 g/mol.